The van der Waals surface area contributed by atoms with Crippen LogP contribution < -0.4 is 0 Å². The number of aryl methyl sites for hydroxylation is 1. The number of halogens is 3. The van der Waals surface area contributed by atoms with Crippen molar-refractivity contribution in [2.45, 2.75) is 30.6 Å². The molecule has 0 saturated heterocycles. The molecule has 11 heteroatoms. The van der Waals surface area contributed by atoms with Gasteiger partial charge in [0.05, 0.1) is 11.3 Å². The van der Waals surface area contributed by atoms with Crippen LogP contribution in [0.5, 0.6) is 0 Å². The second-order valence-corrected chi connectivity index (χ2v) is 5.60. The lowest BCUT2D eigenvalue weighted by molar-refractivity contribution is -0.137. The molecule has 0 saturated carbocycles. The van der Waals surface area contributed by atoms with Gasteiger partial charge in [-0.15, -0.1) is 5.10 Å². The number of hydrogen-bond donors (Lipinski definition) is 0. The van der Waals surface area contributed by atoms with Crippen molar-refractivity contribution < 1.29 is 17.7 Å². The zero-order valence-electron chi connectivity index (χ0n) is 12.4. The second kappa shape index (κ2) is 6.59. The molecule has 3 rings (SSSR count). The van der Waals surface area contributed by atoms with E-state index >= 15 is 0 Å². The smallest absolute Gasteiger partial charge is 0.338 e. The van der Waals surface area contributed by atoms with E-state index in [1.54, 1.807) is 4.68 Å². The molecule has 2 heterocycles. The van der Waals surface area contributed by atoms with Crippen molar-refractivity contribution in [2.24, 2.45) is 0 Å². The van der Waals surface area contributed by atoms with Gasteiger partial charge >= 0.3 is 6.18 Å². The van der Waals surface area contributed by atoms with Gasteiger partial charge in [-0.2, -0.15) is 18.2 Å². The summed E-state index contributed by atoms with van der Waals surface area (Å²) in [5.41, 5.74) is -0.522. The largest absolute Gasteiger partial charge is 0.416 e. The Morgan fingerprint density at radius 3 is 2.88 bits per heavy atom. The SMILES string of the molecule is CCn1nnnc1SCc1nc(-c2cccc(C(F)(F)F)c2)no1. The number of rotatable bonds is 5. The highest BCUT2D eigenvalue weighted by molar-refractivity contribution is 7.98. The third-order valence-corrected chi connectivity index (χ3v) is 3.98. The minimum absolute atomic E-state index is 0.104. The molecule has 2 aromatic heterocycles. The Hall–Kier alpha value is -2.43. The Kier molecular flexibility index (Phi) is 4.51. The maximum absolute atomic E-state index is 12.7. The molecule has 24 heavy (non-hydrogen) atoms. The van der Waals surface area contributed by atoms with Crippen LogP contribution in [-0.4, -0.2) is 30.3 Å². The van der Waals surface area contributed by atoms with Gasteiger partial charge in [-0.05, 0) is 29.5 Å². The van der Waals surface area contributed by atoms with Crippen LogP contribution in [0.25, 0.3) is 11.4 Å². The molecule has 0 bridgehead atoms. The molecular weight excluding hydrogens is 345 g/mol. The lowest BCUT2D eigenvalue weighted by Crippen LogP contribution is -2.04. The first kappa shape index (κ1) is 16.4. The number of aromatic nitrogens is 6. The molecule has 0 fully saturated rings. The van der Waals surface area contributed by atoms with Crippen LogP contribution in [0.15, 0.2) is 33.9 Å². The fourth-order valence-corrected chi connectivity index (χ4v) is 2.67. The summed E-state index contributed by atoms with van der Waals surface area (Å²) in [4.78, 5) is 4.11. The molecule has 1 aromatic carbocycles. The van der Waals surface area contributed by atoms with Crippen molar-refractivity contribution in [3.05, 3.63) is 35.7 Å². The molecule has 0 amide bonds. The minimum atomic E-state index is -4.42. The van der Waals surface area contributed by atoms with Gasteiger partial charge in [0.25, 0.3) is 0 Å². The molecule has 126 valence electrons. The molecule has 0 aliphatic carbocycles. The fraction of sp³-hybridized carbons (Fsp3) is 0.308. The lowest BCUT2D eigenvalue weighted by Gasteiger charge is -2.06. The molecule has 3 aromatic rings. The van der Waals surface area contributed by atoms with E-state index in [0.29, 0.717) is 17.5 Å². The normalized spacial score (nSPS) is 11.8. The molecule has 0 spiro atoms. The van der Waals surface area contributed by atoms with E-state index in [0.717, 1.165) is 12.1 Å². The highest BCUT2D eigenvalue weighted by Crippen LogP contribution is 2.31. The Morgan fingerprint density at radius 2 is 2.12 bits per heavy atom. The van der Waals surface area contributed by atoms with Crippen LogP contribution >= 0.6 is 11.8 Å². The van der Waals surface area contributed by atoms with E-state index in [1.807, 2.05) is 6.92 Å². The maximum Gasteiger partial charge on any atom is 0.416 e. The van der Waals surface area contributed by atoms with Crippen molar-refractivity contribution >= 4 is 11.8 Å². The molecular formula is C13H11F3N6OS. The lowest BCUT2D eigenvalue weighted by atomic mass is 10.1. The summed E-state index contributed by atoms with van der Waals surface area (Å²) in [6, 6.07) is 4.78. The summed E-state index contributed by atoms with van der Waals surface area (Å²) in [5, 5.41) is 15.5. The Bertz CT molecular complexity index is 831. The van der Waals surface area contributed by atoms with Crippen molar-refractivity contribution in [1.29, 1.82) is 0 Å². The number of alkyl halides is 3. The van der Waals surface area contributed by atoms with E-state index in [4.69, 9.17) is 4.52 Å². The standard InChI is InChI=1S/C13H11F3N6OS/c1-2-22-12(18-20-21-22)24-7-10-17-11(19-23-10)8-4-3-5-9(6-8)13(14,15)16/h3-6H,2,7H2,1H3. The van der Waals surface area contributed by atoms with E-state index in [2.05, 4.69) is 25.7 Å². The first-order chi connectivity index (χ1) is 11.5. The molecule has 0 atom stereocenters. The summed E-state index contributed by atoms with van der Waals surface area (Å²) in [5.74, 6) is 0.691. The van der Waals surface area contributed by atoms with Gasteiger partial charge in [0, 0.05) is 12.1 Å². The predicted octanol–water partition coefficient (Wildman–Crippen LogP) is 3.05. The van der Waals surface area contributed by atoms with Crippen LogP contribution in [0.3, 0.4) is 0 Å². The van der Waals surface area contributed by atoms with E-state index in [-0.39, 0.29) is 17.3 Å². The van der Waals surface area contributed by atoms with Crippen molar-refractivity contribution in [1.82, 2.24) is 30.3 Å². The predicted molar refractivity (Wildman–Crippen MR) is 77.8 cm³/mol. The fourth-order valence-electron chi connectivity index (χ4n) is 1.89. The van der Waals surface area contributed by atoms with Gasteiger partial charge in [-0.25, -0.2) is 4.68 Å². The molecule has 0 N–H and O–H groups in total. The summed E-state index contributed by atoms with van der Waals surface area (Å²) >= 11 is 1.30. The second-order valence-electron chi connectivity index (χ2n) is 4.66. The quantitative estimate of drug-likeness (QED) is 0.650. The van der Waals surface area contributed by atoms with Crippen molar-refractivity contribution in [2.75, 3.05) is 0 Å². The van der Waals surface area contributed by atoms with Gasteiger partial charge in [0.15, 0.2) is 0 Å². The van der Waals surface area contributed by atoms with Gasteiger partial charge < -0.3 is 4.52 Å². The molecule has 0 aliphatic heterocycles. The molecule has 0 unspecified atom stereocenters. The maximum atomic E-state index is 12.7. The van der Waals surface area contributed by atoms with Gasteiger partial charge in [0.2, 0.25) is 16.9 Å². The highest BCUT2D eigenvalue weighted by Gasteiger charge is 2.30. The van der Waals surface area contributed by atoms with Crippen LogP contribution in [0.2, 0.25) is 0 Å². The monoisotopic (exact) mass is 356 g/mol. The minimum Gasteiger partial charge on any atom is -0.338 e. The molecule has 0 radical (unpaired) electrons. The van der Waals surface area contributed by atoms with Crippen molar-refractivity contribution in [3.8, 4) is 11.4 Å². The zero-order chi connectivity index (χ0) is 17.2. The first-order valence-electron chi connectivity index (χ1n) is 6.86. The van der Waals surface area contributed by atoms with Gasteiger partial charge in [-0.1, -0.05) is 29.1 Å². The van der Waals surface area contributed by atoms with Crippen LogP contribution in [0.4, 0.5) is 13.2 Å². The Morgan fingerprint density at radius 1 is 1.29 bits per heavy atom. The Balaban J connectivity index is 1.74. The number of hydrogen-bond acceptors (Lipinski definition) is 7. The topological polar surface area (TPSA) is 82.5 Å². The number of benzene rings is 1. The van der Waals surface area contributed by atoms with E-state index in [9.17, 15) is 13.2 Å². The van der Waals surface area contributed by atoms with Gasteiger partial charge in [0.1, 0.15) is 0 Å². The van der Waals surface area contributed by atoms with E-state index in [1.165, 1.54) is 23.9 Å². The van der Waals surface area contributed by atoms with Crippen LogP contribution in [0, 0.1) is 0 Å². The summed E-state index contributed by atoms with van der Waals surface area (Å²) in [6.45, 7) is 2.52. The summed E-state index contributed by atoms with van der Waals surface area (Å²) in [6.07, 6.45) is -4.42. The third-order valence-electron chi connectivity index (χ3n) is 3.04. The number of tetrazole rings is 1. The summed E-state index contributed by atoms with van der Waals surface area (Å²) in [7, 11) is 0. The number of thioether (sulfide) groups is 1. The number of nitrogens with zero attached hydrogens (tertiary/aromatic N) is 6. The average molecular weight is 356 g/mol. The van der Waals surface area contributed by atoms with E-state index < -0.39 is 11.7 Å². The van der Waals surface area contributed by atoms with Crippen LogP contribution in [-0.2, 0) is 18.5 Å². The Labute approximate surface area is 138 Å². The average Bonchev–Trinajstić information content (AvgIpc) is 3.21. The summed E-state index contributed by atoms with van der Waals surface area (Å²) < 4.78 is 44.9. The zero-order valence-corrected chi connectivity index (χ0v) is 13.2. The van der Waals surface area contributed by atoms with Gasteiger partial charge in [-0.3, -0.25) is 0 Å². The highest BCUT2D eigenvalue weighted by atomic mass is 32.2. The molecule has 0 aliphatic rings. The van der Waals surface area contributed by atoms with Crippen molar-refractivity contribution in [3.63, 3.8) is 0 Å². The first-order valence-corrected chi connectivity index (χ1v) is 7.85. The van der Waals surface area contributed by atoms with Crippen LogP contribution in [0.1, 0.15) is 18.4 Å². The third kappa shape index (κ3) is 3.55. The molecule has 7 nitrogen and oxygen atoms in total.